The van der Waals surface area contributed by atoms with E-state index in [0.29, 0.717) is 36.9 Å². The van der Waals surface area contributed by atoms with Crippen molar-refractivity contribution in [1.29, 1.82) is 0 Å². The maximum Gasteiger partial charge on any atom is 0.249 e. The van der Waals surface area contributed by atoms with E-state index in [1.165, 1.54) is 12.1 Å². The minimum atomic E-state index is -0.544. The van der Waals surface area contributed by atoms with Crippen molar-refractivity contribution in [2.24, 2.45) is 10.9 Å². The van der Waals surface area contributed by atoms with Gasteiger partial charge in [0.2, 0.25) is 5.91 Å². The largest absolute Gasteiger partial charge is 0.352 e. The molecule has 3 aliphatic rings. The first kappa shape index (κ1) is 14.6. The van der Waals surface area contributed by atoms with E-state index in [4.69, 9.17) is 11.6 Å². The van der Waals surface area contributed by atoms with Gasteiger partial charge in [-0.2, -0.15) is 0 Å². The second kappa shape index (κ2) is 5.27. The molecule has 1 aromatic carbocycles. The predicted molar refractivity (Wildman–Crippen MR) is 84.0 cm³/mol. The minimum absolute atomic E-state index is 0.0264. The van der Waals surface area contributed by atoms with Gasteiger partial charge >= 0.3 is 0 Å². The fraction of sp³-hybridized carbons (Fsp3) is 0.353. The van der Waals surface area contributed by atoms with Crippen LogP contribution in [0.5, 0.6) is 0 Å². The van der Waals surface area contributed by atoms with Gasteiger partial charge in [-0.1, -0.05) is 17.7 Å². The van der Waals surface area contributed by atoms with Crippen LogP contribution in [-0.2, 0) is 9.59 Å². The van der Waals surface area contributed by atoms with E-state index in [0.717, 1.165) is 11.4 Å². The van der Waals surface area contributed by atoms with Gasteiger partial charge in [0, 0.05) is 36.6 Å². The van der Waals surface area contributed by atoms with Crippen molar-refractivity contribution in [2.75, 3.05) is 6.54 Å². The van der Waals surface area contributed by atoms with Crippen LogP contribution in [0.15, 0.2) is 34.5 Å². The van der Waals surface area contributed by atoms with Gasteiger partial charge in [-0.15, -0.1) is 0 Å². The lowest BCUT2D eigenvalue weighted by Gasteiger charge is -2.33. The lowest BCUT2D eigenvalue weighted by atomic mass is 9.74. The Labute approximate surface area is 137 Å². The first-order valence-electron chi connectivity index (χ1n) is 7.62. The highest BCUT2D eigenvalue weighted by Gasteiger charge is 2.46. The third-order valence-electron chi connectivity index (χ3n) is 4.76. The number of hydrogen-bond donors (Lipinski definition) is 1. The first-order chi connectivity index (χ1) is 11.1. The topological polar surface area (TPSA) is 58.5 Å². The number of benzene rings is 1. The maximum atomic E-state index is 13.9. The van der Waals surface area contributed by atoms with Crippen LogP contribution in [-0.4, -0.2) is 23.9 Å². The van der Waals surface area contributed by atoms with Crippen molar-refractivity contribution < 1.29 is 14.0 Å². The van der Waals surface area contributed by atoms with Crippen LogP contribution in [0.3, 0.4) is 0 Å². The van der Waals surface area contributed by atoms with Crippen LogP contribution in [0, 0.1) is 11.7 Å². The third kappa shape index (κ3) is 2.22. The molecule has 1 fully saturated rings. The SMILES string of the molecule is O=C1NCCC2=C1C(c1ccc(Cl)c(F)c1)C1C(=O)CCC1=N2. The van der Waals surface area contributed by atoms with Gasteiger partial charge in [0.05, 0.1) is 16.6 Å². The highest BCUT2D eigenvalue weighted by Crippen LogP contribution is 2.45. The zero-order valence-corrected chi connectivity index (χ0v) is 13.0. The van der Waals surface area contributed by atoms with Gasteiger partial charge in [0.1, 0.15) is 11.6 Å². The number of rotatable bonds is 1. The summed E-state index contributed by atoms with van der Waals surface area (Å²) in [6.07, 6.45) is 1.69. The average Bonchev–Trinajstić information content (AvgIpc) is 2.90. The van der Waals surface area contributed by atoms with Gasteiger partial charge < -0.3 is 5.32 Å². The molecule has 118 valence electrons. The Morgan fingerprint density at radius 3 is 2.78 bits per heavy atom. The number of hydrogen-bond acceptors (Lipinski definition) is 3. The normalized spacial score (nSPS) is 26.6. The number of aliphatic imine (C=N–C) groups is 1. The van der Waals surface area contributed by atoms with Crippen LogP contribution in [0.25, 0.3) is 0 Å². The van der Waals surface area contributed by atoms with E-state index in [2.05, 4.69) is 10.3 Å². The Hall–Kier alpha value is -2.01. The van der Waals surface area contributed by atoms with Gasteiger partial charge in [0.15, 0.2) is 0 Å². The van der Waals surface area contributed by atoms with Crippen LogP contribution in [0.4, 0.5) is 4.39 Å². The smallest absolute Gasteiger partial charge is 0.249 e. The third-order valence-corrected chi connectivity index (χ3v) is 5.07. The molecule has 1 amide bonds. The van der Waals surface area contributed by atoms with E-state index < -0.39 is 17.7 Å². The summed E-state index contributed by atoms with van der Waals surface area (Å²) in [5.41, 5.74) is 2.66. The number of Topliss-reactive ketones (excluding diaryl/α,β-unsaturated/α-hetero) is 1. The molecule has 0 bridgehead atoms. The zero-order chi connectivity index (χ0) is 16.1. The molecule has 4 nitrogen and oxygen atoms in total. The molecular formula is C17H14ClFN2O2. The number of amides is 1. The van der Waals surface area contributed by atoms with E-state index in [-0.39, 0.29) is 16.7 Å². The number of carbonyl (C=O) groups is 2. The van der Waals surface area contributed by atoms with E-state index in [1.54, 1.807) is 6.07 Å². The number of nitrogens with one attached hydrogen (secondary N) is 1. The van der Waals surface area contributed by atoms with Crippen LogP contribution < -0.4 is 5.32 Å². The molecule has 23 heavy (non-hydrogen) atoms. The Morgan fingerprint density at radius 1 is 1.17 bits per heavy atom. The molecule has 0 radical (unpaired) electrons. The molecule has 1 aromatic rings. The molecule has 2 heterocycles. The fourth-order valence-electron chi connectivity index (χ4n) is 3.75. The number of halogens is 2. The summed E-state index contributed by atoms with van der Waals surface area (Å²) in [5, 5.41) is 2.83. The van der Waals surface area contributed by atoms with E-state index in [9.17, 15) is 14.0 Å². The predicted octanol–water partition coefficient (Wildman–Crippen LogP) is 2.77. The van der Waals surface area contributed by atoms with Gasteiger partial charge in [-0.05, 0) is 24.1 Å². The molecule has 0 saturated heterocycles. The van der Waals surface area contributed by atoms with Gasteiger partial charge in [-0.25, -0.2) is 4.39 Å². The van der Waals surface area contributed by atoms with E-state index in [1.807, 2.05) is 0 Å². The van der Waals surface area contributed by atoms with Crippen molar-refractivity contribution in [3.63, 3.8) is 0 Å². The van der Waals surface area contributed by atoms with Crippen LogP contribution in [0.1, 0.15) is 30.7 Å². The molecule has 2 atom stereocenters. The molecule has 0 spiro atoms. The number of carbonyl (C=O) groups excluding carboxylic acids is 2. The van der Waals surface area contributed by atoms with Gasteiger partial charge in [0.25, 0.3) is 0 Å². The molecule has 0 aromatic heterocycles. The first-order valence-corrected chi connectivity index (χ1v) is 8.00. The van der Waals surface area contributed by atoms with Crippen LogP contribution >= 0.6 is 11.6 Å². The highest BCUT2D eigenvalue weighted by molar-refractivity contribution is 6.30. The Kier molecular flexibility index (Phi) is 3.34. The molecule has 2 unspecified atom stereocenters. The summed E-state index contributed by atoms with van der Waals surface area (Å²) in [5.74, 6) is -1.63. The number of fused-ring (bicyclic) bond motifs is 1. The molecule has 1 saturated carbocycles. The summed E-state index contributed by atoms with van der Waals surface area (Å²) in [6, 6.07) is 4.49. The zero-order valence-electron chi connectivity index (χ0n) is 12.2. The van der Waals surface area contributed by atoms with Gasteiger partial charge in [-0.3, -0.25) is 14.6 Å². The molecule has 4 rings (SSSR count). The molecule has 1 aliphatic carbocycles. The van der Waals surface area contributed by atoms with Crippen molar-refractivity contribution in [3.8, 4) is 0 Å². The fourth-order valence-corrected chi connectivity index (χ4v) is 3.87. The standard InChI is InChI=1S/C17H14ClFN2O2/c18-9-2-1-8(7-10(9)19)14-15-11(3-4-13(15)22)21-12-5-6-20-17(23)16(12)14/h1-2,7,14-15H,3-6H2,(H,20,23). The monoisotopic (exact) mass is 332 g/mol. The quantitative estimate of drug-likeness (QED) is 0.859. The lowest BCUT2D eigenvalue weighted by molar-refractivity contribution is -0.120. The summed E-state index contributed by atoms with van der Waals surface area (Å²) in [7, 11) is 0. The Balaban J connectivity index is 1.91. The number of nitrogens with zero attached hydrogens (tertiary/aromatic N) is 1. The second-order valence-corrected chi connectivity index (χ2v) is 6.47. The minimum Gasteiger partial charge on any atom is -0.352 e. The van der Waals surface area contributed by atoms with Crippen molar-refractivity contribution >= 4 is 29.0 Å². The Bertz CT molecular complexity index is 800. The molecular weight excluding hydrogens is 319 g/mol. The molecule has 1 N–H and O–H groups in total. The number of ketones is 1. The van der Waals surface area contributed by atoms with E-state index >= 15 is 0 Å². The summed E-state index contributed by atoms with van der Waals surface area (Å²) in [6.45, 7) is 0.536. The van der Waals surface area contributed by atoms with Crippen molar-refractivity contribution in [2.45, 2.75) is 25.2 Å². The molecule has 2 aliphatic heterocycles. The summed E-state index contributed by atoms with van der Waals surface area (Å²) < 4.78 is 13.9. The maximum absolute atomic E-state index is 13.9. The average molecular weight is 333 g/mol. The van der Waals surface area contributed by atoms with Crippen LogP contribution in [0.2, 0.25) is 5.02 Å². The Morgan fingerprint density at radius 2 is 2.00 bits per heavy atom. The highest BCUT2D eigenvalue weighted by atomic mass is 35.5. The summed E-state index contributed by atoms with van der Waals surface area (Å²) >= 11 is 5.77. The lowest BCUT2D eigenvalue weighted by Crippen LogP contribution is -2.40. The summed E-state index contributed by atoms with van der Waals surface area (Å²) in [4.78, 5) is 29.3. The second-order valence-electron chi connectivity index (χ2n) is 6.06. The molecule has 6 heteroatoms. The van der Waals surface area contributed by atoms with Crippen molar-refractivity contribution in [3.05, 3.63) is 45.9 Å². The van der Waals surface area contributed by atoms with Crippen molar-refractivity contribution in [1.82, 2.24) is 5.32 Å².